The van der Waals surface area contributed by atoms with Crippen LogP contribution in [0.15, 0.2) is 0 Å². The average Bonchev–Trinajstić information content (AvgIpc) is 2.47. The summed E-state index contributed by atoms with van der Waals surface area (Å²) in [6.45, 7) is 3.29. The van der Waals surface area contributed by atoms with Gasteiger partial charge in [0.2, 0.25) is 0 Å². The van der Waals surface area contributed by atoms with Gasteiger partial charge in [0.25, 0.3) is 0 Å². The number of carboxylic acid groups (broad SMARTS) is 1. The number of hydrogen-bond acceptors (Lipinski definition) is 3. The van der Waals surface area contributed by atoms with E-state index in [2.05, 4.69) is 0 Å². The molecule has 0 radical (unpaired) electrons. The van der Waals surface area contributed by atoms with E-state index in [1.165, 1.54) is 0 Å². The molecule has 0 spiro atoms. The molecule has 20 heavy (non-hydrogen) atoms. The van der Waals surface area contributed by atoms with Crippen molar-refractivity contribution in [3.05, 3.63) is 0 Å². The zero-order valence-electron chi connectivity index (χ0n) is 12.1. The van der Waals surface area contributed by atoms with E-state index in [9.17, 15) is 9.59 Å². The summed E-state index contributed by atoms with van der Waals surface area (Å²) in [5, 5.41) is 9.07. The fourth-order valence-electron chi connectivity index (χ4n) is 2.99. The van der Waals surface area contributed by atoms with Crippen LogP contribution in [0.2, 0.25) is 0 Å². The molecule has 2 saturated heterocycles. The molecule has 2 heterocycles. The van der Waals surface area contributed by atoms with Crippen molar-refractivity contribution in [2.24, 2.45) is 11.8 Å². The van der Waals surface area contributed by atoms with E-state index in [1.54, 1.807) is 9.80 Å². The number of carbonyl (C=O) groups excluding carboxylic acids is 1. The van der Waals surface area contributed by atoms with Crippen molar-refractivity contribution in [1.82, 2.24) is 9.80 Å². The van der Waals surface area contributed by atoms with E-state index < -0.39 is 11.9 Å². The molecule has 6 nitrogen and oxygen atoms in total. The van der Waals surface area contributed by atoms with Crippen LogP contribution in [0.1, 0.15) is 25.7 Å². The minimum atomic E-state index is -0.797. The third kappa shape index (κ3) is 3.85. The molecule has 1 N–H and O–H groups in total. The summed E-state index contributed by atoms with van der Waals surface area (Å²) < 4.78 is 5.32. The summed E-state index contributed by atoms with van der Waals surface area (Å²) in [6.07, 6.45) is 3.43. The fourth-order valence-corrected chi connectivity index (χ4v) is 2.99. The molecule has 2 fully saturated rings. The Labute approximate surface area is 119 Å². The lowest BCUT2D eigenvalue weighted by atomic mass is 9.98. The van der Waals surface area contributed by atoms with Crippen LogP contribution in [0.4, 0.5) is 4.79 Å². The zero-order chi connectivity index (χ0) is 14.5. The first-order valence-electron chi connectivity index (χ1n) is 7.38. The predicted molar refractivity (Wildman–Crippen MR) is 73.5 cm³/mol. The number of ether oxygens (including phenoxy) is 1. The van der Waals surface area contributed by atoms with E-state index in [-0.39, 0.29) is 6.03 Å². The first-order valence-corrected chi connectivity index (χ1v) is 7.38. The first kappa shape index (κ1) is 15.1. The van der Waals surface area contributed by atoms with Gasteiger partial charge in [-0.25, -0.2) is 4.79 Å². The molecule has 0 aromatic rings. The Morgan fingerprint density at radius 2 is 2.00 bits per heavy atom. The average molecular weight is 284 g/mol. The highest BCUT2D eigenvalue weighted by atomic mass is 16.5. The van der Waals surface area contributed by atoms with Crippen LogP contribution < -0.4 is 0 Å². The van der Waals surface area contributed by atoms with E-state index in [1.807, 2.05) is 7.05 Å². The molecule has 1 atom stereocenters. The maximum atomic E-state index is 12.4. The van der Waals surface area contributed by atoms with Gasteiger partial charge in [0.15, 0.2) is 0 Å². The molecule has 2 amide bonds. The number of nitrogens with zero attached hydrogens (tertiary/aromatic N) is 2. The molecule has 0 aliphatic carbocycles. The Morgan fingerprint density at radius 1 is 1.30 bits per heavy atom. The van der Waals surface area contributed by atoms with Crippen LogP contribution in [0.3, 0.4) is 0 Å². The number of aliphatic carboxylic acids is 1. The van der Waals surface area contributed by atoms with Crippen molar-refractivity contribution in [2.45, 2.75) is 25.7 Å². The second-order valence-corrected chi connectivity index (χ2v) is 5.84. The first-order chi connectivity index (χ1) is 9.58. The molecule has 0 aromatic carbocycles. The van der Waals surface area contributed by atoms with Crippen LogP contribution in [-0.4, -0.2) is 66.8 Å². The van der Waals surface area contributed by atoms with Crippen molar-refractivity contribution in [2.75, 3.05) is 39.9 Å². The maximum absolute atomic E-state index is 12.4. The quantitative estimate of drug-likeness (QED) is 0.847. The summed E-state index contributed by atoms with van der Waals surface area (Å²) in [7, 11) is 1.81. The monoisotopic (exact) mass is 284 g/mol. The molecule has 6 heteroatoms. The van der Waals surface area contributed by atoms with Gasteiger partial charge in [-0.2, -0.15) is 0 Å². The van der Waals surface area contributed by atoms with Gasteiger partial charge < -0.3 is 19.6 Å². The minimum absolute atomic E-state index is 0.0394. The van der Waals surface area contributed by atoms with Gasteiger partial charge in [-0.15, -0.1) is 0 Å². The third-order valence-corrected chi connectivity index (χ3v) is 4.24. The fraction of sp³-hybridized carbons (Fsp3) is 0.857. The van der Waals surface area contributed by atoms with Gasteiger partial charge in [0.05, 0.1) is 5.92 Å². The Kier molecular flexibility index (Phi) is 5.23. The van der Waals surface area contributed by atoms with Crippen LogP contribution in [0.25, 0.3) is 0 Å². The Bertz CT molecular complexity index is 355. The largest absolute Gasteiger partial charge is 0.481 e. The molecule has 2 aliphatic rings. The minimum Gasteiger partial charge on any atom is -0.481 e. The van der Waals surface area contributed by atoms with Gasteiger partial charge in [-0.05, 0) is 31.6 Å². The molecule has 0 saturated carbocycles. The summed E-state index contributed by atoms with van der Waals surface area (Å²) in [5.74, 6) is -0.712. The Morgan fingerprint density at radius 3 is 2.65 bits per heavy atom. The van der Waals surface area contributed by atoms with Crippen molar-refractivity contribution < 1.29 is 19.4 Å². The normalized spacial score (nSPS) is 24.4. The number of carboxylic acids is 1. The Balaban J connectivity index is 1.84. The van der Waals surface area contributed by atoms with Crippen LogP contribution in [0.5, 0.6) is 0 Å². The zero-order valence-corrected chi connectivity index (χ0v) is 12.1. The van der Waals surface area contributed by atoms with Crippen LogP contribution in [0, 0.1) is 11.8 Å². The SMILES string of the molecule is CN(CC1CCOCC1)C(=O)N1CCC[C@@H](C(=O)O)C1. The predicted octanol–water partition coefficient (Wildman–Crippen LogP) is 1.26. The summed E-state index contributed by atoms with van der Waals surface area (Å²) >= 11 is 0. The standard InChI is InChI=1S/C14H24N2O4/c1-15(9-11-4-7-20-8-5-11)14(19)16-6-2-3-12(10-16)13(17)18/h11-12H,2-10H2,1H3,(H,17,18)/t12-/m1/s1. The molecular formula is C14H24N2O4. The smallest absolute Gasteiger partial charge is 0.319 e. The highest BCUT2D eigenvalue weighted by Crippen LogP contribution is 2.20. The second-order valence-electron chi connectivity index (χ2n) is 5.84. The van der Waals surface area contributed by atoms with Gasteiger partial charge in [0, 0.05) is 39.9 Å². The summed E-state index contributed by atoms with van der Waals surface area (Å²) in [6, 6.07) is -0.0394. The molecule has 114 valence electrons. The number of rotatable bonds is 3. The lowest BCUT2D eigenvalue weighted by Gasteiger charge is -2.35. The lowest BCUT2D eigenvalue weighted by molar-refractivity contribution is -0.143. The van der Waals surface area contributed by atoms with Crippen molar-refractivity contribution >= 4 is 12.0 Å². The van der Waals surface area contributed by atoms with E-state index in [4.69, 9.17) is 9.84 Å². The summed E-state index contributed by atoms with van der Waals surface area (Å²) in [4.78, 5) is 26.8. The third-order valence-electron chi connectivity index (χ3n) is 4.24. The molecule has 0 aromatic heterocycles. The Hall–Kier alpha value is -1.30. The van der Waals surface area contributed by atoms with Gasteiger partial charge >= 0.3 is 12.0 Å². The number of urea groups is 1. The van der Waals surface area contributed by atoms with Crippen LogP contribution in [-0.2, 0) is 9.53 Å². The van der Waals surface area contributed by atoms with E-state index in [0.29, 0.717) is 25.4 Å². The van der Waals surface area contributed by atoms with Gasteiger partial charge in [-0.1, -0.05) is 0 Å². The lowest BCUT2D eigenvalue weighted by Crippen LogP contribution is -2.48. The molecule has 2 aliphatic heterocycles. The van der Waals surface area contributed by atoms with Gasteiger partial charge in [-0.3, -0.25) is 4.79 Å². The van der Waals surface area contributed by atoms with Crippen molar-refractivity contribution in [1.29, 1.82) is 0 Å². The molecular weight excluding hydrogens is 260 g/mol. The highest BCUT2D eigenvalue weighted by molar-refractivity contribution is 5.76. The highest BCUT2D eigenvalue weighted by Gasteiger charge is 2.30. The number of hydrogen-bond donors (Lipinski definition) is 1. The topological polar surface area (TPSA) is 70.1 Å². The second kappa shape index (κ2) is 6.92. The molecule has 0 unspecified atom stereocenters. The van der Waals surface area contributed by atoms with Crippen molar-refractivity contribution in [3.8, 4) is 0 Å². The molecule has 0 bridgehead atoms. The molecule has 2 rings (SSSR count). The number of carbonyl (C=O) groups is 2. The summed E-state index contributed by atoms with van der Waals surface area (Å²) in [5.41, 5.74) is 0. The van der Waals surface area contributed by atoms with E-state index in [0.717, 1.165) is 39.0 Å². The van der Waals surface area contributed by atoms with Crippen LogP contribution >= 0.6 is 0 Å². The van der Waals surface area contributed by atoms with E-state index >= 15 is 0 Å². The number of amides is 2. The van der Waals surface area contributed by atoms with Crippen molar-refractivity contribution in [3.63, 3.8) is 0 Å². The number of piperidine rings is 1. The van der Waals surface area contributed by atoms with Gasteiger partial charge in [0.1, 0.15) is 0 Å². The maximum Gasteiger partial charge on any atom is 0.319 e. The number of likely N-dealkylation sites (tertiary alicyclic amines) is 1.